The Morgan fingerprint density at radius 2 is 2.16 bits per heavy atom. The molecule has 2 aliphatic rings. The van der Waals surface area contributed by atoms with Gasteiger partial charge in [0.1, 0.15) is 0 Å². The Morgan fingerprint density at radius 3 is 2.74 bits per heavy atom. The number of carbonyl (C=O) groups excluding carboxylic acids is 1. The van der Waals surface area contributed by atoms with Crippen molar-refractivity contribution in [3.05, 3.63) is 22.2 Å². The van der Waals surface area contributed by atoms with Crippen molar-refractivity contribution in [3.63, 3.8) is 0 Å². The van der Waals surface area contributed by atoms with Crippen LogP contribution in [-0.4, -0.2) is 40.1 Å². The molecule has 5 heteroatoms. The summed E-state index contributed by atoms with van der Waals surface area (Å²) in [5, 5.41) is 12.6. The zero-order chi connectivity index (χ0) is 13.4. The third-order valence-electron chi connectivity index (χ3n) is 4.07. The first-order valence-electron chi connectivity index (χ1n) is 6.69. The minimum Gasteiger partial charge on any atom is -0.393 e. The van der Waals surface area contributed by atoms with E-state index in [9.17, 15) is 9.90 Å². The molecule has 1 aliphatic carbocycles. The fraction of sp³-hybridized carbons (Fsp3) is 0.571. The zero-order valence-electron chi connectivity index (χ0n) is 11.0. The number of hydrogen-bond acceptors (Lipinski definition) is 4. The second-order valence-electron chi connectivity index (χ2n) is 5.51. The maximum atomic E-state index is 12.1. The molecule has 0 radical (unpaired) electrons. The van der Waals surface area contributed by atoms with Crippen LogP contribution in [0.25, 0.3) is 6.08 Å². The number of fused-ring (bicyclic) bond motifs is 1. The predicted molar refractivity (Wildman–Crippen MR) is 74.7 cm³/mol. The highest BCUT2D eigenvalue weighted by Gasteiger charge is 2.41. The number of aromatic nitrogens is 1. The highest BCUT2D eigenvalue weighted by Crippen LogP contribution is 2.38. The Kier molecular flexibility index (Phi) is 3.41. The molecule has 1 unspecified atom stereocenters. The van der Waals surface area contributed by atoms with Crippen molar-refractivity contribution in [2.75, 3.05) is 13.1 Å². The van der Waals surface area contributed by atoms with Gasteiger partial charge in [-0.05, 0) is 37.7 Å². The van der Waals surface area contributed by atoms with Crippen LogP contribution in [0.4, 0.5) is 0 Å². The quantitative estimate of drug-likeness (QED) is 0.838. The SMILES string of the molecule is Cc1nc(/C=C/C(=O)N2C[C@H]3CC(O)C[C@H]3C2)cs1. The normalized spacial score (nSPS) is 30.2. The second kappa shape index (κ2) is 5.06. The molecular formula is C14H18N2O2S. The van der Waals surface area contributed by atoms with Crippen molar-refractivity contribution in [1.29, 1.82) is 0 Å². The molecule has 0 aromatic carbocycles. The Balaban J connectivity index is 1.59. The lowest BCUT2D eigenvalue weighted by Crippen LogP contribution is -2.28. The molecule has 1 saturated heterocycles. The van der Waals surface area contributed by atoms with E-state index >= 15 is 0 Å². The molecule has 1 saturated carbocycles. The average Bonchev–Trinajstić information content (AvgIpc) is 3.00. The molecule has 0 spiro atoms. The van der Waals surface area contributed by atoms with Crippen LogP contribution in [0.3, 0.4) is 0 Å². The van der Waals surface area contributed by atoms with E-state index in [0.717, 1.165) is 36.6 Å². The number of nitrogens with zero attached hydrogens (tertiary/aromatic N) is 2. The zero-order valence-corrected chi connectivity index (χ0v) is 11.8. The smallest absolute Gasteiger partial charge is 0.246 e. The number of amides is 1. The van der Waals surface area contributed by atoms with E-state index in [1.807, 2.05) is 17.2 Å². The van der Waals surface area contributed by atoms with Crippen LogP contribution in [-0.2, 0) is 4.79 Å². The van der Waals surface area contributed by atoms with E-state index < -0.39 is 0 Å². The maximum Gasteiger partial charge on any atom is 0.246 e. The topological polar surface area (TPSA) is 53.4 Å². The van der Waals surface area contributed by atoms with Crippen LogP contribution in [0.1, 0.15) is 23.5 Å². The Labute approximate surface area is 116 Å². The second-order valence-corrected chi connectivity index (χ2v) is 6.58. The number of aliphatic hydroxyl groups is 1. The van der Waals surface area contributed by atoms with Gasteiger partial charge in [-0.1, -0.05) is 0 Å². The molecule has 1 aromatic rings. The van der Waals surface area contributed by atoms with Crippen LogP contribution >= 0.6 is 11.3 Å². The molecule has 1 aromatic heterocycles. The van der Waals surface area contributed by atoms with E-state index in [1.165, 1.54) is 0 Å². The van der Waals surface area contributed by atoms with Crippen molar-refractivity contribution in [1.82, 2.24) is 9.88 Å². The van der Waals surface area contributed by atoms with Crippen LogP contribution in [0.2, 0.25) is 0 Å². The van der Waals surface area contributed by atoms with Gasteiger partial charge >= 0.3 is 0 Å². The molecule has 0 bridgehead atoms. The summed E-state index contributed by atoms with van der Waals surface area (Å²) in [6, 6.07) is 0. The molecule has 4 nitrogen and oxygen atoms in total. The van der Waals surface area contributed by atoms with E-state index in [4.69, 9.17) is 0 Å². The first-order chi connectivity index (χ1) is 9.11. The van der Waals surface area contributed by atoms with Crippen LogP contribution in [0.5, 0.6) is 0 Å². The lowest BCUT2D eigenvalue weighted by molar-refractivity contribution is -0.125. The van der Waals surface area contributed by atoms with Crippen LogP contribution in [0, 0.1) is 18.8 Å². The van der Waals surface area contributed by atoms with E-state index in [2.05, 4.69) is 4.98 Å². The van der Waals surface area contributed by atoms with Gasteiger partial charge in [0, 0.05) is 24.5 Å². The largest absolute Gasteiger partial charge is 0.393 e. The first kappa shape index (κ1) is 12.8. The summed E-state index contributed by atoms with van der Waals surface area (Å²) in [5.41, 5.74) is 0.852. The van der Waals surface area contributed by atoms with Gasteiger partial charge in [-0.3, -0.25) is 4.79 Å². The monoisotopic (exact) mass is 278 g/mol. The number of rotatable bonds is 2. The third kappa shape index (κ3) is 2.72. The molecule has 102 valence electrons. The summed E-state index contributed by atoms with van der Waals surface area (Å²) in [5.74, 6) is 1.05. The summed E-state index contributed by atoms with van der Waals surface area (Å²) >= 11 is 1.59. The Morgan fingerprint density at radius 1 is 1.47 bits per heavy atom. The highest BCUT2D eigenvalue weighted by atomic mass is 32.1. The summed E-state index contributed by atoms with van der Waals surface area (Å²) in [7, 11) is 0. The molecule has 1 amide bonds. The predicted octanol–water partition coefficient (Wildman–Crippen LogP) is 1.69. The summed E-state index contributed by atoms with van der Waals surface area (Å²) in [6.07, 6.45) is 4.95. The fourth-order valence-corrected chi connectivity index (χ4v) is 3.75. The summed E-state index contributed by atoms with van der Waals surface area (Å²) in [6.45, 7) is 3.54. The van der Waals surface area contributed by atoms with Gasteiger partial charge in [-0.15, -0.1) is 11.3 Å². The Bertz CT molecular complexity index is 497. The van der Waals surface area contributed by atoms with Crippen molar-refractivity contribution < 1.29 is 9.90 Å². The van der Waals surface area contributed by atoms with E-state index in [0.29, 0.717) is 11.8 Å². The van der Waals surface area contributed by atoms with Gasteiger partial charge in [-0.25, -0.2) is 4.98 Å². The highest BCUT2D eigenvalue weighted by molar-refractivity contribution is 7.09. The van der Waals surface area contributed by atoms with Crippen molar-refractivity contribution in [3.8, 4) is 0 Å². The number of carbonyl (C=O) groups is 1. The first-order valence-corrected chi connectivity index (χ1v) is 7.57. The number of hydrogen-bond donors (Lipinski definition) is 1. The van der Waals surface area contributed by atoms with Gasteiger partial charge < -0.3 is 10.0 Å². The molecule has 1 aliphatic heterocycles. The number of aryl methyl sites for hydroxylation is 1. The molecule has 1 N–H and O–H groups in total. The number of thiazole rings is 1. The van der Waals surface area contributed by atoms with Gasteiger partial charge in [-0.2, -0.15) is 0 Å². The lowest BCUT2D eigenvalue weighted by atomic mass is 10.0. The van der Waals surface area contributed by atoms with Crippen molar-refractivity contribution in [2.45, 2.75) is 25.9 Å². The number of aliphatic hydroxyl groups excluding tert-OH is 1. The van der Waals surface area contributed by atoms with Gasteiger partial charge in [0.05, 0.1) is 16.8 Å². The maximum absolute atomic E-state index is 12.1. The standard InChI is InChI=1S/C14H18N2O2S/c1-9-15-12(8-19-9)2-3-14(18)16-6-10-4-13(17)5-11(10)7-16/h2-3,8,10-11,13,17H,4-7H2,1H3/b3-2+/t10-,11+,13?. The van der Waals surface area contributed by atoms with Crippen molar-refractivity contribution in [2.24, 2.45) is 11.8 Å². The molecule has 19 heavy (non-hydrogen) atoms. The Hall–Kier alpha value is -1.20. The molecular weight excluding hydrogens is 260 g/mol. The van der Waals surface area contributed by atoms with Gasteiger partial charge in [0.25, 0.3) is 0 Å². The van der Waals surface area contributed by atoms with Gasteiger partial charge in [0.2, 0.25) is 5.91 Å². The third-order valence-corrected chi connectivity index (χ3v) is 4.86. The molecule has 2 heterocycles. The summed E-state index contributed by atoms with van der Waals surface area (Å²) in [4.78, 5) is 18.3. The number of likely N-dealkylation sites (tertiary alicyclic amines) is 1. The lowest BCUT2D eigenvalue weighted by Gasteiger charge is -2.15. The van der Waals surface area contributed by atoms with E-state index in [1.54, 1.807) is 23.5 Å². The van der Waals surface area contributed by atoms with Crippen LogP contribution in [0.15, 0.2) is 11.5 Å². The van der Waals surface area contributed by atoms with Crippen molar-refractivity contribution >= 4 is 23.3 Å². The van der Waals surface area contributed by atoms with E-state index in [-0.39, 0.29) is 12.0 Å². The minimum atomic E-state index is -0.152. The average molecular weight is 278 g/mol. The summed E-state index contributed by atoms with van der Waals surface area (Å²) < 4.78 is 0. The van der Waals surface area contributed by atoms with Gasteiger partial charge in [0.15, 0.2) is 0 Å². The molecule has 2 fully saturated rings. The molecule has 3 atom stereocenters. The minimum absolute atomic E-state index is 0.0644. The molecule has 3 rings (SSSR count). The fourth-order valence-electron chi connectivity index (χ4n) is 3.17. The van der Waals surface area contributed by atoms with Crippen LogP contribution < -0.4 is 0 Å².